The van der Waals surface area contributed by atoms with E-state index in [2.05, 4.69) is 33.6 Å². The minimum atomic E-state index is 0.882. The van der Waals surface area contributed by atoms with Crippen molar-refractivity contribution < 1.29 is 0 Å². The normalized spacial score (nSPS) is 11.2. The monoisotopic (exact) mass is 284 g/mol. The van der Waals surface area contributed by atoms with Crippen LogP contribution in [0.2, 0.25) is 0 Å². The van der Waals surface area contributed by atoms with Gasteiger partial charge in [-0.05, 0) is 32.3 Å². The SMILES string of the molecule is Cc1nc2ccnn2c(NCCCc2cnn(C)c2)c1C. The Morgan fingerprint density at radius 2 is 2.10 bits per heavy atom. The van der Waals surface area contributed by atoms with E-state index in [0.717, 1.165) is 42.1 Å². The van der Waals surface area contributed by atoms with E-state index in [1.165, 1.54) is 5.56 Å². The molecule has 0 aliphatic heterocycles. The number of rotatable bonds is 5. The maximum Gasteiger partial charge on any atom is 0.157 e. The van der Waals surface area contributed by atoms with Gasteiger partial charge in [0.25, 0.3) is 0 Å². The van der Waals surface area contributed by atoms with E-state index in [9.17, 15) is 0 Å². The van der Waals surface area contributed by atoms with Crippen LogP contribution in [0.4, 0.5) is 5.82 Å². The molecule has 6 nitrogen and oxygen atoms in total. The number of nitrogens with one attached hydrogen (secondary N) is 1. The van der Waals surface area contributed by atoms with Gasteiger partial charge in [-0.15, -0.1) is 0 Å². The second-order valence-electron chi connectivity index (χ2n) is 5.32. The number of hydrogen-bond acceptors (Lipinski definition) is 4. The maximum absolute atomic E-state index is 4.52. The molecule has 0 saturated heterocycles. The largest absolute Gasteiger partial charge is 0.370 e. The quantitative estimate of drug-likeness (QED) is 0.729. The first kappa shape index (κ1) is 13.6. The fourth-order valence-corrected chi connectivity index (χ4v) is 2.45. The van der Waals surface area contributed by atoms with Gasteiger partial charge >= 0.3 is 0 Å². The topological polar surface area (TPSA) is 60.0 Å². The van der Waals surface area contributed by atoms with Gasteiger partial charge in [0.15, 0.2) is 5.65 Å². The number of nitrogens with zero attached hydrogens (tertiary/aromatic N) is 5. The molecule has 0 aromatic carbocycles. The molecule has 0 unspecified atom stereocenters. The maximum atomic E-state index is 4.52. The van der Waals surface area contributed by atoms with Crippen LogP contribution in [0.3, 0.4) is 0 Å². The summed E-state index contributed by atoms with van der Waals surface area (Å²) in [4.78, 5) is 4.52. The summed E-state index contributed by atoms with van der Waals surface area (Å²) in [6.07, 6.45) is 7.84. The standard InChI is InChI=1S/C15H20N6/c1-11-12(2)19-14-6-8-17-21(14)15(11)16-7-4-5-13-9-18-20(3)10-13/h6,8-10,16H,4-5,7H2,1-3H3. The molecule has 3 aromatic rings. The van der Waals surface area contributed by atoms with Crippen LogP contribution < -0.4 is 5.32 Å². The molecule has 3 aromatic heterocycles. The van der Waals surface area contributed by atoms with Crippen molar-refractivity contribution in [3.05, 3.63) is 41.5 Å². The summed E-state index contributed by atoms with van der Waals surface area (Å²) in [5, 5.41) is 12.0. The highest BCUT2D eigenvalue weighted by Gasteiger charge is 2.09. The summed E-state index contributed by atoms with van der Waals surface area (Å²) < 4.78 is 3.71. The number of aromatic nitrogens is 5. The Morgan fingerprint density at radius 1 is 1.24 bits per heavy atom. The average molecular weight is 284 g/mol. The van der Waals surface area contributed by atoms with Crippen LogP contribution in [0.15, 0.2) is 24.7 Å². The molecular formula is C15H20N6. The van der Waals surface area contributed by atoms with Gasteiger partial charge in [0.1, 0.15) is 5.82 Å². The average Bonchev–Trinajstić information content (AvgIpc) is 3.07. The summed E-state index contributed by atoms with van der Waals surface area (Å²) in [5.41, 5.74) is 4.34. The van der Waals surface area contributed by atoms with E-state index in [0.29, 0.717) is 0 Å². The molecule has 0 bridgehead atoms. The molecule has 0 atom stereocenters. The molecule has 0 saturated carbocycles. The zero-order chi connectivity index (χ0) is 14.8. The van der Waals surface area contributed by atoms with Crippen LogP contribution in [0.5, 0.6) is 0 Å². The Balaban J connectivity index is 1.67. The number of hydrogen-bond donors (Lipinski definition) is 1. The smallest absolute Gasteiger partial charge is 0.157 e. The summed E-state index contributed by atoms with van der Waals surface area (Å²) >= 11 is 0. The Labute approximate surface area is 123 Å². The van der Waals surface area contributed by atoms with E-state index in [1.54, 1.807) is 6.20 Å². The lowest BCUT2D eigenvalue weighted by atomic mass is 10.2. The van der Waals surface area contributed by atoms with Crippen LogP contribution in [0.25, 0.3) is 5.65 Å². The number of aryl methyl sites for hydroxylation is 3. The Hall–Kier alpha value is -2.37. The summed E-state index contributed by atoms with van der Waals surface area (Å²) in [5.74, 6) is 1.04. The van der Waals surface area contributed by atoms with Gasteiger partial charge in [0.05, 0.1) is 12.4 Å². The molecule has 0 spiro atoms. The first-order valence-electron chi connectivity index (χ1n) is 7.17. The predicted molar refractivity (Wildman–Crippen MR) is 82.5 cm³/mol. The van der Waals surface area contributed by atoms with E-state index in [4.69, 9.17) is 0 Å². The molecule has 0 amide bonds. The predicted octanol–water partition coefficient (Wildman–Crippen LogP) is 2.12. The van der Waals surface area contributed by atoms with Gasteiger partial charge in [-0.25, -0.2) is 4.98 Å². The van der Waals surface area contributed by atoms with Crippen molar-refractivity contribution in [3.8, 4) is 0 Å². The number of anilines is 1. The minimum Gasteiger partial charge on any atom is -0.370 e. The van der Waals surface area contributed by atoms with Gasteiger partial charge < -0.3 is 5.32 Å². The van der Waals surface area contributed by atoms with Crippen molar-refractivity contribution in [2.75, 3.05) is 11.9 Å². The van der Waals surface area contributed by atoms with E-state index in [1.807, 2.05) is 35.4 Å². The zero-order valence-electron chi connectivity index (χ0n) is 12.7. The van der Waals surface area contributed by atoms with Crippen LogP contribution in [-0.4, -0.2) is 30.9 Å². The third kappa shape index (κ3) is 2.74. The van der Waals surface area contributed by atoms with Gasteiger partial charge in [-0.1, -0.05) is 0 Å². The molecule has 3 rings (SSSR count). The lowest BCUT2D eigenvalue weighted by molar-refractivity contribution is 0.765. The summed E-state index contributed by atoms with van der Waals surface area (Å²) in [6, 6.07) is 1.92. The van der Waals surface area contributed by atoms with Gasteiger partial charge in [0.2, 0.25) is 0 Å². The molecule has 0 fully saturated rings. The van der Waals surface area contributed by atoms with E-state index in [-0.39, 0.29) is 0 Å². The van der Waals surface area contributed by atoms with Crippen molar-refractivity contribution in [3.63, 3.8) is 0 Å². The fourth-order valence-electron chi connectivity index (χ4n) is 2.45. The third-order valence-corrected chi connectivity index (χ3v) is 3.71. The van der Waals surface area contributed by atoms with E-state index >= 15 is 0 Å². The molecule has 6 heteroatoms. The van der Waals surface area contributed by atoms with Crippen molar-refractivity contribution in [2.45, 2.75) is 26.7 Å². The number of fused-ring (bicyclic) bond motifs is 1. The van der Waals surface area contributed by atoms with Crippen molar-refractivity contribution >= 4 is 11.5 Å². The van der Waals surface area contributed by atoms with Gasteiger partial charge in [-0.2, -0.15) is 14.7 Å². The second-order valence-corrected chi connectivity index (χ2v) is 5.32. The van der Waals surface area contributed by atoms with Crippen LogP contribution >= 0.6 is 0 Å². The lowest BCUT2D eigenvalue weighted by Crippen LogP contribution is -2.11. The van der Waals surface area contributed by atoms with Gasteiger partial charge in [-0.3, -0.25) is 4.68 Å². The first-order valence-corrected chi connectivity index (χ1v) is 7.17. The van der Waals surface area contributed by atoms with Crippen molar-refractivity contribution in [2.24, 2.45) is 7.05 Å². The minimum absolute atomic E-state index is 0.882. The zero-order valence-corrected chi connectivity index (χ0v) is 12.7. The highest BCUT2D eigenvalue weighted by molar-refractivity contribution is 5.54. The molecule has 1 N–H and O–H groups in total. The lowest BCUT2D eigenvalue weighted by Gasteiger charge is -2.12. The molecule has 0 radical (unpaired) electrons. The molecule has 21 heavy (non-hydrogen) atoms. The van der Waals surface area contributed by atoms with Crippen molar-refractivity contribution in [1.82, 2.24) is 24.4 Å². The highest BCUT2D eigenvalue weighted by Crippen LogP contribution is 2.18. The Kier molecular flexibility index (Phi) is 3.60. The fraction of sp³-hybridized carbons (Fsp3) is 0.400. The summed E-state index contributed by atoms with van der Waals surface area (Å²) in [6.45, 7) is 5.00. The van der Waals surface area contributed by atoms with Gasteiger partial charge in [0, 0.05) is 37.1 Å². The highest BCUT2D eigenvalue weighted by atomic mass is 15.3. The third-order valence-electron chi connectivity index (χ3n) is 3.71. The second kappa shape index (κ2) is 5.55. The summed E-state index contributed by atoms with van der Waals surface area (Å²) in [7, 11) is 1.94. The molecule has 3 heterocycles. The first-order chi connectivity index (χ1) is 10.1. The van der Waals surface area contributed by atoms with E-state index < -0.39 is 0 Å². The molecule has 110 valence electrons. The van der Waals surface area contributed by atoms with Crippen LogP contribution in [0.1, 0.15) is 23.2 Å². The molecular weight excluding hydrogens is 264 g/mol. The molecule has 0 aliphatic rings. The van der Waals surface area contributed by atoms with Crippen LogP contribution in [0, 0.1) is 13.8 Å². The Bertz CT molecular complexity index is 755. The van der Waals surface area contributed by atoms with Crippen LogP contribution in [-0.2, 0) is 13.5 Å². The van der Waals surface area contributed by atoms with Crippen molar-refractivity contribution in [1.29, 1.82) is 0 Å². The Morgan fingerprint density at radius 3 is 2.86 bits per heavy atom. The molecule has 0 aliphatic carbocycles.